The van der Waals surface area contributed by atoms with Gasteiger partial charge in [0.15, 0.2) is 0 Å². The predicted molar refractivity (Wildman–Crippen MR) is 80.1 cm³/mol. The molecule has 1 saturated heterocycles. The van der Waals surface area contributed by atoms with E-state index in [1.165, 1.54) is 0 Å². The lowest BCUT2D eigenvalue weighted by molar-refractivity contribution is 0.0596. The first-order valence-corrected chi connectivity index (χ1v) is 6.38. The Kier molecular flexibility index (Phi) is 9.97. The SMILES string of the molecule is C=C.C=CN1CCOCC1.CC1C=CC(C)N=C1. The van der Waals surface area contributed by atoms with Gasteiger partial charge in [0.25, 0.3) is 0 Å². The average molecular weight is 250 g/mol. The zero-order valence-corrected chi connectivity index (χ0v) is 11.7. The Labute approximate surface area is 112 Å². The topological polar surface area (TPSA) is 24.8 Å². The third-order valence-corrected chi connectivity index (χ3v) is 2.55. The van der Waals surface area contributed by atoms with Gasteiger partial charge in [-0.25, -0.2) is 0 Å². The number of nitrogens with zero attached hydrogens (tertiary/aromatic N) is 2. The fraction of sp³-hybridized carbons (Fsp3) is 0.533. The molecule has 0 bridgehead atoms. The van der Waals surface area contributed by atoms with E-state index in [1.54, 1.807) is 0 Å². The summed E-state index contributed by atoms with van der Waals surface area (Å²) in [5.74, 6) is 0.547. The van der Waals surface area contributed by atoms with Crippen molar-refractivity contribution in [3.8, 4) is 0 Å². The van der Waals surface area contributed by atoms with Crippen molar-refractivity contribution in [2.75, 3.05) is 26.3 Å². The highest BCUT2D eigenvalue weighted by Gasteiger charge is 2.03. The summed E-state index contributed by atoms with van der Waals surface area (Å²) in [6.45, 7) is 17.6. The largest absolute Gasteiger partial charge is 0.378 e. The summed E-state index contributed by atoms with van der Waals surface area (Å²) in [4.78, 5) is 6.36. The highest BCUT2D eigenvalue weighted by molar-refractivity contribution is 5.64. The second-order valence-electron chi connectivity index (χ2n) is 4.11. The number of hydrogen-bond donors (Lipinski definition) is 0. The second-order valence-corrected chi connectivity index (χ2v) is 4.11. The Morgan fingerprint density at radius 3 is 2.17 bits per heavy atom. The molecule has 1 fully saturated rings. The number of morpholine rings is 1. The zero-order valence-electron chi connectivity index (χ0n) is 11.7. The van der Waals surface area contributed by atoms with Crippen LogP contribution in [-0.4, -0.2) is 43.5 Å². The first-order valence-electron chi connectivity index (χ1n) is 6.38. The molecule has 0 spiro atoms. The highest BCUT2D eigenvalue weighted by atomic mass is 16.5. The molecule has 0 amide bonds. The van der Waals surface area contributed by atoms with Gasteiger partial charge in [0.2, 0.25) is 0 Å². The fourth-order valence-corrected chi connectivity index (χ4v) is 1.47. The molecule has 0 aromatic heterocycles. The monoisotopic (exact) mass is 250 g/mol. The van der Waals surface area contributed by atoms with E-state index >= 15 is 0 Å². The molecule has 0 aliphatic carbocycles. The van der Waals surface area contributed by atoms with Gasteiger partial charge in [-0.2, -0.15) is 0 Å². The summed E-state index contributed by atoms with van der Waals surface area (Å²) < 4.78 is 5.11. The summed E-state index contributed by atoms with van der Waals surface area (Å²) in [5, 5.41) is 0. The smallest absolute Gasteiger partial charge is 0.0648 e. The summed E-state index contributed by atoms with van der Waals surface area (Å²) in [6.07, 6.45) is 8.16. The summed E-state index contributed by atoms with van der Waals surface area (Å²) >= 11 is 0. The van der Waals surface area contributed by atoms with E-state index in [1.807, 2.05) is 12.4 Å². The molecule has 0 radical (unpaired) electrons. The molecule has 2 aliphatic heterocycles. The van der Waals surface area contributed by atoms with Crippen molar-refractivity contribution in [2.24, 2.45) is 10.9 Å². The lowest BCUT2D eigenvalue weighted by Gasteiger charge is -2.24. The Morgan fingerprint density at radius 1 is 1.22 bits per heavy atom. The van der Waals surface area contributed by atoms with Crippen molar-refractivity contribution < 1.29 is 4.74 Å². The van der Waals surface area contributed by atoms with Crippen LogP contribution in [0.3, 0.4) is 0 Å². The van der Waals surface area contributed by atoms with Gasteiger partial charge in [0.1, 0.15) is 0 Å². The summed E-state index contributed by atoms with van der Waals surface area (Å²) in [5.41, 5.74) is 0. The Balaban J connectivity index is 0.000000283. The number of dihydropyridines is 1. The number of rotatable bonds is 1. The summed E-state index contributed by atoms with van der Waals surface area (Å²) in [6, 6.07) is 0.409. The third-order valence-electron chi connectivity index (χ3n) is 2.55. The van der Waals surface area contributed by atoms with E-state index in [-0.39, 0.29) is 0 Å². The van der Waals surface area contributed by atoms with Gasteiger partial charge >= 0.3 is 0 Å². The van der Waals surface area contributed by atoms with Crippen molar-refractivity contribution >= 4 is 6.21 Å². The van der Waals surface area contributed by atoms with Crippen LogP contribution in [0.25, 0.3) is 0 Å². The van der Waals surface area contributed by atoms with Gasteiger partial charge in [0.05, 0.1) is 19.3 Å². The van der Waals surface area contributed by atoms with Crippen LogP contribution in [0.4, 0.5) is 0 Å². The molecule has 2 aliphatic rings. The van der Waals surface area contributed by atoms with E-state index < -0.39 is 0 Å². The quantitative estimate of drug-likeness (QED) is 0.668. The molecule has 3 nitrogen and oxygen atoms in total. The molecule has 2 atom stereocenters. The van der Waals surface area contributed by atoms with Gasteiger partial charge < -0.3 is 9.64 Å². The minimum absolute atomic E-state index is 0.409. The van der Waals surface area contributed by atoms with Crippen molar-refractivity contribution in [1.29, 1.82) is 0 Å². The van der Waals surface area contributed by atoms with Crippen LogP contribution >= 0.6 is 0 Å². The number of allylic oxidation sites excluding steroid dienone is 1. The molecule has 2 unspecified atom stereocenters. The van der Waals surface area contributed by atoms with E-state index in [9.17, 15) is 0 Å². The van der Waals surface area contributed by atoms with E-state index in [2.05, 4.69) is 55.6 Å². The maximum atomic E-state index is 5.11. The second kappa shape index (κ2) is 10.8. The number of aliphatic imine (C=N–C) groups is 1. The molecule has 3 heteroatoms. The molecule has 0 N–H and O–H groups in total. The molecule has 102 valence electrons. The molecule has 0 aromatic carbocycles. The van der Waals surface area contributed by atoms with Crippen LogP contribution < -0.4 is 0 Å². The van der Waals surface area contributed by atoms with E-state index in [4.69, 9.17) is 4.74 Å². The fourth-order valence-electron chi connectivity index (χ4n) is 1.47. The van der Waals surface area contributed by atoms with Crippen LogP contribution in [0.5, 0.6) is 0 Å². The van der Waals surface area contributed by atoms with Crippen LogP contribution in [0.1, 0.15) is 13.8 Å². The predicted octanol–water partition coefficient (Wildman–Crippen LogP) is 2.92. The molecule has 0 aromatic rings. The van der Waals surface area contributed by atoms with Gasteiger partial charge in [-0.3, -0.25) is 4.99 Å². The average Bonchev–Trinajstić information content (AvgIpc) is 2.46. The molecule has 0 saturated carbocycles. The third kappa shape index (κ3) is 7.85. The Morgan fingerprint density at radius 2 is 1.83 bits per heavy atom. The van der Waals surface area contributed by atoms with E-state index in [0.717, 1.165) is 26.3 Å². The first-order chi connectivity index (χ1) is 8.72. The Bertz CT molecular complexity index is 240. The number of hydrogen-bond acceptors (Lipinski definition) is 3. The molecule has 2 rings (SSSR count). The highest BCUT2D eigenvalue weighted by Crippen LogP contribution is 2.03. The van der Waals surface area contributed by atoms with Crippen molar-refractivity contribution in [2.45, 2.75) is 19.9 Å². The first kappa shape index (κ1) is 16.6. The maximum Gasteiger partial charge on any atom is 0.0648 e. The van der Waals surface area contributed by atoms with Gasteiger partial charge in [-0.1, -0.05) is 25.7 Å². The van der Waals surface area contributed by atoms with Crippen LogP contribution in [0.15, 0.2) is 43.1 Å². The van der Waals surface area contributed by atoms with Crippen molar-refractivity contribution in [3.05, 3.63) is 38.1 Å². The molecular weight excluding hydrogens is 224 g/mol. The molecular formula is C15H26N2O. The standard InChI is InChI=1S/C7H11N.C6H11NO.C2H4/c1-6-3-4-7(2)8-5-6;1-2-7-3-5-8-6-4-7;1-2/h3-7H,1-2H3;2H,1,3-6H2;1-2H2. The molecule has 18 heavy (non-hydrogen) atoms. The zero-order chi connectivity index (χ0) is 13.8. The van der Waals surface area contributed by atoms with Crippen LogP contribution in [-0.2, 0) is 4.74 Å². The minimum atomic E-state index is 0.409. The maximum absolute atomic E-state index is 5.11. The minimum Gasteiger partial charge on any atom is -0.378 e. The van der Waals surface area contributed by atoms with E-state index in [0.29, 0.717) is 12.0 Å². The van der Waals surface area contributed by atoms with Crippen LogP contribution in [0, 0.1) is 5.92 Å². The van der Waals surface area contributed by atoms with Crippen molar-refractivity contribution in [1.82, 2.24) is 4.90 Å². The van der Waals surface area contributed by atoms with Gasteiger partial charge in [0, 0.05) is 25.2 Å². The lowest BCUT2D eigenvalue weighted by Crippen LogP contribution is -2.31. The Hall–Kier alpha value is -1.35. The molecule has 2 heterocycles. The normalized spacial score (nSPS) is 25.3. The summed E-state index contributed by atoms with van der Waals surface area (Å²) in [7, 11) is 0. The number of ether oxygens (including phenoxy) is 1. The van der Waals surface area contributed by atoms with Crippen molar-refractivity contribution in [3.63, 3.8) is 0 Å². The van der Waals surface area contributed by atoms with Gasteiger partial charge in [-0.05, 0) is 13.1 Å². The lowest BCUT2D eigenvalue weighted by atomic mass is 10.1. The van der Waals surface area contributed by atoms with Gasteiger partial charge in [-0.15, -0.1) is 13.2 Å². The van der Waals surface area contributed by atoms with Crippen LogP contribution in [0.2, 0.25) is 0 Å².